The number of dihydropyridines is 1. The van der Waals surface area contributed by atoms with Crippen LogP contribution in [0.5, 0.6) is 0 Å². The number of nitriles is 1. The number of ether oxygens (including phenoxy) is 4. The zero-order valence-corrected chi connectivity index (χ0v) is 19.6. The summed E-state index contributed by atoms with van der Waals surface area (Å²) in [7, 11) is 5.56. The molecule has 1 N–H and O–H groups in total. The molecule has 1 fully saturated rings. The lowest BCUT2D eigenvalue weighted by atomic mass is 9.79. The van der Waals surface area contributed by atoms with Crippen molar-refractivity contribution < 1.29 is 28.5 Å². The highest BCUT2D eigenvalue weighted by Gasteiger charge is 2.45. The molecule has 1 unspecified atom stereocenters. The first-order chi connectivity index (χ1) is 16.0. The van der Waals surface area contributed by atoms with Crippen LogP contribution in [0, 0.1) is 17.2 Å². The van der Waals surface area contributed by atoms with Gasteiger partial charge >= 0.3 is 11.9 Å². The van der Waals surface area contributed by atoms with Crippen molar-refractivity contribution in [3.63, 3.8) is 0 Å². The molecule has 9 heteroatoms. The van der Waals surface area contributed by atoms with Gasteiger partial charge in [-0.1, -0.05) is 12.1 Å². The number of fused-ring (bicyclic) bond motifs is 1. The molecule has 0 amide bonds. The molecule has 0 radical (unpaired) electrons. The Morgan fingerprint density at radius 1 is 1.09 bits per heavy atom. The first-order valence-electron chi connectivity index (χ1n) is 10.4. The number of nitrogens with zero attached hydrogens (tertiary/aromatic N) is 1. The number of nitrogens with one attached hydrogen (secondary N) is 1. The van der Waals surface area contributed by atoms with E-state index in [-0.39, 0.29) is 11.5 Å². The van der Waals surface area contributed by atoms with Crippen LogP contribution < -0.4 is 5.32 Å². The normalized spacial score (nSPS) is 18.4. The van der Waals surface area contributed by atoms with Crippen LogP contribution in [-0.4, -0.2) is 46.7 Å². The Labute approximate surface area is 195 Å². The van der Waals surface area contributed by atoms with Gasteiger partial charge in [0.2, 0.25) is 0 Å². The summed E-state index contributed by atoms with van der Waals surface area (Å²) in [6, 6.07) is 7.62. The molecule has 1 aliphatic carbocycles. The first-order valence-corrected chi connectivity index (χ1v) is 11.3. The number of rotatable bonds is 7. The lowest BCUT2D eigenvalue weighted by Gasteiger charge is -2.34. The fraction of sp³-hybridized carbons (Fsp3) is 0.375. The fourth-order valence-corrected chi connectivity index (χ4v) is 5.38. The Morgan fingerprint density at radius 2 is 1.76 bits per heavy atom. The average molecular weight is 469 g/mol. The van der Waals surface area contributed by atoms with E-state index in [2.05, 4.69) is 11.4 Å². The van der Waals surface area contributed by atoms with Gasteiger partial charge in [-0.2, -0.15) is 5.26 Å². The Bertz CT molecular complexity index is 1210. The van der Waals surface area contributed by atoms with E-state index in [1.807, 2.05) is 11.4 Å². The lowest BCUT2D eigenvalue weighted by molar-refractivity contribution is -0.138. The van der Waals surface area contributed by atoms with Crippen LogP contribution in [0.15, 0.2) is 46.1 Å². The van der Waals surface area contributed by atoms with Crippen LogP contribution in [-0.2, 0) is 28.5 Å². The minimum atomic E-state index is -0.880. The number of benzene rings is 1. The van der Waals surface area contributed by atoms with Crippen LogP contribution in [0.2, 0.25) is 0 Å². The molecule has 0 spiro atoms. The van der Waals surface area contributed by atoms with E-state index in [1.54, 1.807) is 12.1 Å². The van der Waals surface area contributed by atoms with Gasteiger partial charge < -0.3 is 24.3 Å². The minimum Gasteiger partial charge on any atom is -0.466 e. The fourth-order valence-electron chi connectivity index (χ4n) is 4.32. The summed E-state index contributed by atoms with van der Waals surface area (Å²) in [5.74, 6) is -1.80. The second-order valence-corrected chi connectivity index (χ2v) is 8.64. The van der Waals surface area contributed by atoms with Crippen LogP contribution in [0.1, 0.15) is 29.9 Å². The maximum absolute atomic E-state index is 13.2. The van der Waals surface area contributed by atoms with Crippen LogP contribution >= 0.6 is 11.3 Å². The van der Waals surface area contributed by atoms with Crippen molar-refractivity contribution in [1.82, 2.24) is 5.32 Å². The van der Waals surface area contributed by atoms with Crippen molar-refractivity contribution in [2.45, 2.75) is 25.0 Å². The van der Waals surface area contributed by atoms with Gasteiger partial charge in [0, 0.05) is 19.9 Å². The Kier molecular flexibility index (Phi) is 6.51. The summed E-state index contributed by atoms with van der Waals surface area (Å²) >= 11 is 1.39. The quantitative estimate of drug-likeness (QED) is 0.487. The van der Waals surface area contributed by atoms with Crippen molar-refractivity contribution in [2.24, 2.45) is 5.92 Å². The highest BCUT2D eigenvalue weighted by Crippen LogP contribution is 2.49. The summed E-state index contributed by atoms with van der Waals surface area (Å²) in [4.78, 5) is 26.3. The zero-order valence-electron chi connectivity index (χ0n) is 18.8. The third kappa shape index (κ3) is 3.91. The number of esters is 2. The Hall–Kier alpha value is -3.19. The lowest BCUT2D eigenvalue weighted by Crippen LogP contribution is -2.39. The third-order valence-electron chi connectivity index (χ3n) is 5.95. The van der Waals surface area contributed by atoms with Crippen molar-refractivity contribution in [1.29, 1.82) is 5.26 Å². The molecule has 1 saturated carbocycles. The number of thiophene rings is 1. The summed E-state index contributed by atoms with van der Waals surface area (Å²) < 4.78 is 22.1. The third-order valence-corrected chi connectivity index (χ3v) is 7.00. The van der Waals surface area contributed by atoms with E-state index in [0.717, 1.165) is 28.5 Å². The van der Waals surface area contributed by atoms with Gasteiger partial charge in [-0.3, -0.25) is 0 Å². The Balaban J connectivity index is 2.06. The number of allylic oxidation sites excluding steroid dienone is 1. The second kappa shape index (κ2) is 9.35. The van der Waals surface area contributed by atoms with Crippen molar-refractivity contribution in [2.75, 3.05) is 28.4 Å². The molecular formula is C24H24N2O6S. The molecular weight excluding hydrogens is 444 g/mol. The zero-order chi connectivity index (χ0) is 23.7. The molecule has 8 nitrogen and oxygen atoms in total. The van der Waals surface area contributed by atoms with Gasteiger partial charge in [0.1, 0.15) is 6.07 Å². The van der Waals surface area contributed by atoms with Crippen LogP contribution in [0.3, 0.4) is 0 Å². The molecule has 0 saturated heterocycles. The molecule has 2 aromatic rings. The van der Waals surface area contributed by atoms with Crippen molar-refractivity contribution >= 4 is 33.4 Å². The summed E-state index contributed by atoms with van der Waals surface area (Å²) in [5.41, 5.74) is 2.90. The molecule has 1 aromatic heterocycles. The number of carbonyl (C=O) groups excluding carboxylic acids is 2. The van der Waals surface area contributed by atoms with E-state index in [9.17, 15) is 14.9 Å². The van der Waals surface area contributed by atoms with Crippen molar-refractivity contribution in [3.8, 4) is 6.07 Å². The maximum Gasteiger partial charge on any atom is 0.336 e. The van der Waals surface area contributed by atoms with Gasteiger partial charge in [0.15, 0.2) is 6.29 Å². The molecule has 1 aliphatic heterocycles. The van der Waals surface area contributed by atoms with Crippen molar-refractivity contribution in [3.05, 3.63) is 57.2 Å². The van der Waals surface area contributed by atoms with Crippen LogP contribution in [0.4, 0.5) is 0 Å². The standard InChI is InChI=1S/C24H24N2O6S/c1-29-22(27)17-16(15-11-33-21-13(10-25)6-5-7-14(15)21)18(23(28)30-2)20(24(31-3)32-4)26-19(17)12-8-9-12/h5-7,11-12,16,24,26H,8-9H2,1-4H3. The molecule has 2 heterocycles. The molecule has 2 aliphatic rings. The van der Waals surface area contributed by atoms with Gasteiger partial charge in [-0.15, -0.1) is 11.3 Å². The summed E-state index contributed by atoms with van der Waals surface area (Å²) in [6.07, 6.45) is 0.933. The van der Waals surface area contributed by atoms with E-state index in [1.165, 1.54) is 39.8 Å². The number of hydrogen-bond donors (Lipinski definition) is 1. The number of hydrogen-bond acceptors (Lipinski definition) is 9. The summed E-state index contributed by atoms with van der Waals surface area (Å²) in [6.45, 7) is 0. The molecule has 33 heavy (non-hydrogen) atoms. The smallest absolute Gasteiger partial charge is 0.336 e. The molecule has 0 bridgehead atoms. The van der Waals surface area contributed by atoms with Gasteiger partial charge in [0.05, 0.1) is 47.2 Å². The van der Waals surface area contributed by atoms with Gasteiger partial charge in [0.25, 0.3) is 0 Å². The predicted octanol–water partition coefficient (Wildman–Crippen LogP) is 3.34. The van der Waals surface area contributed by atoms with Crippen LogP contribution in [0.25, 0.3) is 10.1 Å². The summed E-state index contributed by atoms with van der Waals surface area (Å²) in [5, 5.41) is 15.5. The maximum atomic E-state index is 13.2. The predicted molar refractivity (Wildman–Crippen MR) is 121 cm³/mol. The highest BCUT2D eigenvalue weighted by atomic mass is 32.1. The number of methoxy groups -OCH3 is 4. The van der Waals surface area contributed by atoms with Gasteiger partial charge in [-0.05, 0) is 41.2 Å². The minimum absolute atomic E-state index is 0.129. The Morgan fingerprint density at radius 3 is 2.33 bits per heavy atom. The average Bonchev–Trinajstić information content (AvgIpc) is 3.61. The largest absolute Gasteiger partial charge is 0.466 e. The van der Waals surface area contributed by atoms with E-state index >= 15 is 0 Å². The highest BCUT2D eigenvalue weighted by molar-refractivity contribution is 7.17. The monoisotopic (exact) mass is 468 g/mol. The molecule has 172 valence electrons. The van der Waals surface area contributed by atoms with E-state index in [4.69, 9.17) is 18.9 Å². The molecule has 1 aromatic carbocycles. The first kappa shape index (κ1) is 23.0. The van der Waals surface area contributed by atoms with E-state index < -0.39 is 24.1 Å². The van der Waals surface area contributed by atoms with Gasteiger partial charge in [-0.25, -0.2) is 9.59 Å². The SMILES string of the molecule is COC(=O)C1=C(C2CC2)NC(C(OC)OC)=C(C(=O)OC)C1c1csc2c(C#N)cccc12. The topological polar surface area (TPSA) is 107 Å². The molecule has 4 rings (SSSR count). The molecule has 1 atom stereocenters. The van der Waals surface area contributed by atoms with E-state index in [0.29, 0.717) is 22.5 Å². The number of carbonyl (C=O) groups is 2. The second-order valence-electron chi connectivity index (χ2n) is 7.76.